The zero-order valence-electron chi connectivity index (χ0n) is 8.16. The highest BCUT2D eigenvalue weighted by Crippen LogP contribution is 2.37. The number of nitrogens with one attached hydrogen (secondary N) is 1. The molecular formula is C11H14ClNS. The van der Waals surface area contributed by atoms with E-state index in [0.29, 0.717) is 5.37 Å². The van der Waals surface area contributed by atoms with Crippen LogP contribution in [0.1, 0.15) is 24.3 Å². The molecule has 1 aromatic carbocycles. The molecular weight excluding hydrogens is 214 g/mol. The molecule has 76 valence electrons. The Morgan fingerprint density at radius 1 is 1.43 bits per heavy atom. The van der Waals surface area contributed by atoms with Crippen molar-refractivity contribution in [2.24, 2.45) is 0 Å². The quantitative estimate of drug-likeness (QED) is 0.789. The fraction of sp³-hybridized carbons (Fsp3) is 0.455. The molecule has 1 aliphatic rings. The summed E-state index contributed by atoms with van der Waals surface area (Å²) in [4.78, 5) is 0. The van der Waals surface area contributed by atoms with Gasteiger partial charge in [-0.25, -0.2) is 0 Å². The van der Waals surface area contributed by atoms with Gasteiger partial charge in [-0.3, -0.25) is 0 Å². The average molecular weight is 228 g/mol. The highest BCUT2D eigenvalue weighted by Gasteiger charge is 2.21. The number of hydrogen-bond acceptors (Lipinski definition) is 2. The fourth-order valence-electron chi connectivity index (χ4n) is 1.64. The molecule has 1 N–H and O–H groups in total. The Hall–Kier alpha value is -0.180. The van der Waals surface area contributed by atoms with Crippen LogP contribution in [0.3, 0.4) is 0 Å². The zero-order valence-corrected chi connectivity index (χ0v) is 9.74. The molecule has 2 atom stereocenters. The maximum Gasteiger partial charge on any atom is 0.0806 e. The number of rotatable bonds is 1. The summed E-state index contributed by atoms with van der Waals surface area (Å²) in [5, 5.41) is 5.44. The molecule has 0 spiro atoms. The number of benzene rings is 1. The van der Waals surface area contributed by atoms with Gasteiger partial charge in [-0.05, 0) is 24.6 Å². The van der Waals surface area contributed by atoms with E-state index in [1.54, 1.807) is 0 Å². The van der Waals surface area contributed by atoms with Gasteiger partial charge in [0.1, 0.15) is 0 Å². The highest BCUT2D eigenvalue weighted by atomic mass is 35.5. The van der Waals surface area contributed by atoms with Gasteiger partial charge >= 0.3 is 0 Å². The molecule has 1 fully saturated rings. The summed E-state index contributed by atoms with van der Waals surface area (Å²) in [6.07, 6.45) is 1.24. The molecule has 0 aliphatic carbocycles. The van der Waals surface area contributed by atoms with Crippen molar-refractivity contribution in [3.63, 3.8) is 0 Å². The van der Waals surface area contributed by atoms with E-state index < -0.39 is 0 Å². The third-order valence-electron chi connectivity index (χ3n) is 2.44. The molecule has 0 amide bonds. The minimum atomic E-state index is 0.368. The zero-order chi connectivity index (χ0) is 9.97. The van der Waals surface area contributed by atoms with Crippen LogP contribution in [0.5, 0.6) is 0 Å². The van der Waals surface area contributed by atoms with Crippen molar-refractivity contribution in [3.05, 3.63) is 34.9 Å². The van der Waals surface area contributed by atoms with Crippen molar-refractivity contribution >= 4 is 23.4 Å². The fourth-order valence-corrected chi connectivity index (χ4v) is 3.23. The summed E-state index contributed by atoms with van der Waals surface area (Å²) in [5.41, 5.74) is 1.21. The summed E-state index contributed by atoms with van der Waals surface area (Å²) >= 11 is 8.11. The lowest BCUT2D eigenvalue weighted by Gasteiger charge is -2.28. The standard InChI is InChI=1S/C11H14ClNS/c1-8-6-7-13-11(14-8)9-4-2-3-5-10(9)12/h2-5,8,11,13H,6-7H2,1H3. The first-order chi connectivity index (χ1) is 6.77. The first kappa shape index (κ1) is 10.3. The Morgan fingerprint density at radius 3 is 2.93 bits per heavy atom. The van der Waals surface area contributed by atoms with Crippen LogP contribution in [0.4, 0.5) is 0 Å². The first-order valence-electron chi connectivity index (χ1n) is 4.90. The van der Waals surface area contributed by atoms with Gasteiger partial charge in [0.25, 0.3) is 0 Å². The molecule has 1 heterocycles. The van der Waals surface area contributed by atoms with Gasteiger partial charge in [0.05, 0.1) is 5.37 Å². The molecule has 0 bridgehead atoms. The smallest absolute Gasteiger partial charge is 0.0806 e. The second kappa shape index (κ2) is 4.56. The van der Waals surface area contributed by atoms with Gasteiger partial charge in [0.15, 0.2) is 0 Å². The van der Waals surface area contributed by atoms with Gasteiger partial charge in [0.2, 0.25) is 0 Å². The van der Waals surface area contributed by atoms with Crippen LogP contribution in [-0.4, -0.2) is 11.8 Å². The maximum absolute atomic E-state index is 6.15. The Bertz CT molecular complexity index is 316. The third kappa shape index (κ3) is 2.25. The minimum absolute atomic E-state index is 0.368. The average Bonchev–Trinajstić information content (AvgIpc) is 2.18. The van der Waals surface area contributed by atoms with Crippen LogP contribution in [0.15, 0.2) is 24.3 Å². The number of thioether (sulfide) groups is 1. The van der Waals surface area contributed by atoms with E-state index in [0.717, 1.165) is 16.8 Å². The van der Waals surface area contributed by atoms with Crippen LogP contribution >= 0.6 is 23.4 Å². The predicted molar refractivity (Wildman–Crippen MR) is 63.9 cm³/mol. The van der Waals surface area contributed by atoms with Crippen molar-refractivity contribution in [2.75, 3.05) is 6.54 Å². The molecule has 0 radical (unpaired) electrons. The molecule has 3 heteroatoms. The second-order valence-electron chi connectivity index (χ2n) is 3.59. The van der Waals surface area contributed by atoms with Gasteiger partial charge < -0.3 is 5.32 Å². The molecule has 1 nitrogen and oxygen atoms in total. The van der Waals surface area contributed by atoms with E-state index in [9.17, 15) is 0 Å². The van der Waals surface area contributed by atoms with Crippen molar-refractivity contribution in [1.29, 1.82) is 0 Å². The number of halogens is 1. The van der Waals surface area contributed by atoms with Crippen molar-refractivity contribution in [2.45, 2.75) is 24.0 Å². The number of hydrogen-bond donors (Lipinski definition) is 1. The van der Waals surface area contributed by atoms with Crippen LogP contribution in [0, 0.1) is 0 Å². The van der Waals surface area contributed by atoms with Crippen molar-refractivity contribution in [1.82, 2.24) is 5.32 Å². The molecule has 14 heavy (non-hydrogen) atoms. The Labute approximate surface area is 94.2 Å². The topological polar surface area (TPSA) is 12.0 Å². The molecule has 2 rings (SSSR count). The lowest BCUT2D eigenvalue weighted by molar-refractivity contribution is 0.605. The normalized spacial score (nSPS) is 27.6. The van der Waals surface area contributed by atoms with Gasteiger partial charge in [0, 0.05) is 10.3 Å². The summed E-state index contributed by atoms with van der Waals surface area (Å²) in [6, 6.07) is 8.08. The monoisotopic (exact) mass is 227 g/mol. The van der Waals surface area contributed by atoms with E-state index in [-0.39, 0.29) is 0 Å². The minimum Gasteiger partial charge on any atom is -0.302 e. The SMILES string of the molecule is CC1CCNC(c2ccccc2Cl)S1. The molecule has 0 aromatic heterocycles. The third-order valence-corrected chi connectivity index (χ3v) is 4.17. The predicted octanol–water partition coefficient (Wildman–Crippen LogP) is 3.45. The molecule has 1 aromatic rings. The van der Waals surface area contributed by atoms with E-state index in [1.165, 1.54) is 12.0 Å². The van der Waals surface area contributed by atoms with E-state index >= 15 is 0 Å². The van der Waals surface area contributed by atoms with Crippen LogP contribution in [0.2, 0.25) is 5.02 Å². The largest absolute Gasteiger partial charge is 0.302 e. The lowest BCUT2D eigenvalue weighted by atomic mass is 10.2. The Balaban J connectivity index is 2.18. The molecule has 1 saturated heterocycles. The summed E-state index contributed by atoms with van der Waals surface area (Å²) in [5.74, 6) is 0. The van der Waals surface area contributed by atoms with E-state index in [1.807, 2.05) is 30.0 Å². The summed E-state index contributed by atoms with van der Waals surface area (Å²) in [7, 11) is 0. The van der Waals surface area contributed by atoms with Crippen LogP contribution in [0.25, 0.3) is 0 Å². The van der Waals surface area contributed by atoms with E-state index in [4.69, 9.17) is 11.6 Å². The lowest BCUT2D eigenvalue weighted by Crippen LogP contribution is -2.28. The summed E-state index contributed by atoms with van der Waals surface area (Å²) < 4.78 is 0. The van der Waals surface area contributed by atoms with Crippen molar-refractivity contribution in [3.8, 4) is 0 Å². The molecule has 0 saturated carbocycles. The van der Waals surface area contributed by atoms with E-state index in [2.05, 4.69) is 18.3 Å². The van der Waals surface area contributed by atoms with Crippen LogP contribution in [-0.2, 0) is 0 Å². The first-order valence-corrected chi connectivity index (χ1v) is 6.23. The molecule has 1 aliphatic heterocycles. The maximum atomic E-state index is 6.15. The Kier molecular flexibility index (Phi) is 3.37. The van der Waals surface area contributed by atoms with Gasteiger partial charge in [-0.1, -0.05) is 36.7 Å². The summed E-state index contributed by atoms with van der Waals surface area (Å²) in [6.45, 7) is 3.36. The molecule has 2 unspecified atom stereocenters. The van der Waals surface area contributed by atoms with Crippen LogP contribution < -0.4 is 5.32 Å². The second-order valence-corrected chi connectivity index (χ2v) is 5.55. The van der Waals surface area contributed by atoms with Crippen molar-refractivity contribution < 1.29 is 0 Å². The Morgan fingerprint density at radius 2 is 2.21 bits per heavy atom. The highest BCUT2D eigenvalue weighted by molar-refractivity contribution is 8.00. The van der Waals surface area contributed by atoms with Gasteiger partial charge in [-0.15, -0.1) is 11.8 Å². The van der Waals surface area contributed by atoms with Gasteiger partial charge in [-0.2, -0.15) is 0 Å².